The third-order valence-electron chi connectivity index (χ3n) is 4.06. The molecule has 2 aliphatic rings. The van der Waals surface area contributed by atoms with Gasteiger partial charge in [0.15, 0.2) is 0 Å². The summed E-state index contributed by atoms with van der Waals surface area (Å²) in [5.41, 5.74) is 0. The highest BCUT2D eigenvalue weighted by atomic mass is 15.2. The summed E-state index contributed by atoms with van der Waals surface area (Å²) in [5, 5.41) is 3.68. The van der Waals surface area contributed by atoms with E-state index >= 15 is 0 Å². The fourth-order valence-electron chi connectivity index (χ4n) is 3.27. The van der Waals surface area contributed by atoms with E-state index in [0.29, 0.717) is 0 Å². The van der Waals surface area contributed by atoms with Crippen LogP contribution in [0.5, 0.6) is 0 Å². The highest BCUT2D eigenvalue weighted by molar-refractivity contribution is 4.93. The van der Waals surface area contributed by atoms with Crippen LogP contribution in [0.25, 0.3) is 0 Å². The lowest BCUT2D eigenvalue weighted by atomic mass is 9.94. The van der Waals surface area contributed by atoms with Crippen LogP contribution in [-0.4, -0.2) is 36.6 Å². The van der Waals surface area contributed by atoms with Gasteiger partial charge in [0.25, 0.3) is 0 Å². The molecule has 0 saturated carbocycles. The van der Waals surface area contributed by atoms with E-state index in [1.165, 1.54) is 38.9 Å². The highest BCUT2D eigenvalue weighted by Crippen LogP contribution is 2.27. The third kappa shape index (κ3) is 2.73. The molecule has 0 spiro atoms. The van der Waals surface area contributed by atoms with Crippen LogP contribution in [-0.2, 0) is 0 Å². The fourth-order valence-corrected chi connectivity index (χ4v) is 3.27. The van der Waals surface area contributed by atoms with Gasteiger partial charge in [-0.3, -0.25) is 4.90 Å². The maximum absolute atomic E-state index is 3.68. The van der Waals surface area contributed by atoms with Crippen molar-refractivity contribution in [2.24, 2.45) is 11.8 Å². The molecule has 3 atom stereocenters. The Labute approximate surface area is 94.4 Å². The number of hydrogen-bond acceptors (Lipinski definition) is 2. The average Bonchev–Trinajstić information content (AvgIpc) is 2.59. The minimum atomic E-state index is 0.775. The van der Waals surface area contributed by atoms with Crippen LogP contribution in [0.2, 0.25) is 0 Å². The van der Waals surface area contributed by atoms with Crippen LogP contribution >= 0.6 is 0 Å². The van der Waals surface area contributed by atoms with Crippen LogP contribution in [0.3, 0.4) is 0 Å². The van der Waals surface area contributed by atoms with E-state index in [1.807, 2.05) is 0 Å². The number of fused-ring (bicyclic) bond motifs is 1. The first kappa shape index (κ1) is 11.4. The van der Waals surface area contributed by atoms with Gasteiger partial charge in [0.2, 0.25) is 0 Å². The summed E-state index contributed by atoms with van der Waals surface area (Å²) in [7, 11) is 0. The Morgan fingerprint density at radius 2 is 2.07 bits per heavy atom. The van der Waals surface area contributed by atoms with Gasteiger partial charge in [0.05, 0.1) is 0 Å². The number of nitrogens with zero attached hydrogens (tertiary/aromatic N) is 1. The van der Waals surface area contributed by atoms with Crippen LogP contribution in [0.15, 0.2) is 0 Å². The molecule has 0 aromatic rings. The Morgan fingerprint density at radius 1 is 1.27 bits per heavy atom. The smallest absolute Gasteiger partial charge is 0.0235 e. The molecule has 15 heavy (non-hydrogen) atoms. The van der Waals surface area contributed by atoms with Crippen molar-refractivity contribution in [2.45, 2.75) is 52.1 Å². The zero-order chi connectivity index (χ0) is 10.8. The topological polar surface area (TPSA) is 15.3 Å². The van der Waals surface area contributed by atoms with E-state index in [1.54, 1.807) is 0 Å². The quantitative estimate of drug-likeness (QED) is 0.767. The summed E-state index contributed by atoms with van der Waals surface area (Å²) in [6.45, 7) is 10.9. The maximum atomic E-state index is 3.68. The monoisotopic (exact) mass is 210 g/mol. The molecule has 2 aliphatic heterocycles. The normalized spacial score (nSPS) is 34.4. The Hall–Kier alpha value is -0.0800. The summed E-state index contributed by atoms with van der Waals surface area (Å²) in [4.78, 5) is 2.70. The molecule has 88 valence electrons. The van der Waals surface area contributed by atoms with Crippen molar-refractivity contribution in [3.63, 3.8) is 0 Å². The highest BCUT2D eigenvalue weighted by Gasteiger charge is 2.35. The van der Waals surface area contributed by atoms with E-state index in [0.717, 1.165) is 23.9 Å². The second-order valence-corrected chi connectivity index (χ2v) is 5.90. The summed E-state index contributed by atoms with van der Waals surface area (Å²) in [6.07, 6.45) is 4.18. The van der Waals surface area contributed by atoms with Gasteiger partial charge in [-0.05, 0) is 44.6 Å². The maximum Gasteiger partial charge on any atom is 0.0235 e. The van der Waals surface area contributed by atoms with Crippen molar-refractivity contribution in [3.8, 4) is 0 Å². The molecule has 2 heteroatoms. The Bertz CT molecular complexity index is 189. The molecular weight excluding hydrogens is 184 g/mol. The third-order valence-corrected chi connectivity index (χ3v) is 4.06. The molecule has 0 amide bonds. The zero-order valence-corrected chi connectivity index (χ0v) is 10.5. The zero-order valence-electron chi connectivity index (χ0n) is 10.5. The predicted molar refractivity (Wildman–Crippen MR) is 65.0 cm³/mol. The second kappa shape index (κ2) is 4.84. The van der Waals surface area contributed by atoms with Crippen molar-refractivity contribution in [1.82, 2.24) is 10.2 Å². The average molecular weight is 210 g/mol. The van der Waals surface area contributed by atoms with E-state index in [2.05, 4.69) is 31.0 Å². The van der Waals surface area contributed by atoms with E-state index in [9.17, 15) is 0 Å². The number of hydrogen-bond donors (Lipinski definition) is 1. The molecule has 2 rings (SSSR count). The lowest BCUT2D eigenvalue weighted by Gasteiger charge is -2.25. The van der Waals surface area contributed by atoms with Gasteiger partial charge in [0, 0.05) is 25.2 Å². The van der Waals surface area contributed by atoms with E-state index < -0.39 is 0 Å². The van der Waals surface area contributed by atoms with Crippen molar-refractivity contribution in [3.05, 3.63) is 0 Å². The second-order valence-electron chi connectivity index (χ2n) is 5.90. The van der Waals surface area contributed by atoms with Crippen LogP contribution in [0.4, 0.5) is 0 Å². The Kier molecular flexibility index (Phi) is 3.68. The van der Waals surface area contributed by atoms with Gasteiger partial charge < -0.3 is 5.32 Å². The molecule has 1 unspecified atom stereocenters. The lowest BCUT2D eigenvalue weighted by molar-refractivity contribution is 0.219. The number of nitrogens with one attached hydrogen (secondary N) is 1. The van der Waals surface area contributed by atoms with Crippen molar-refractivity contribution < 1.29 is 0 Å². The van der Waals surface area contributed by atoms with E-state index in [-0.39, 0.29) is 0 Å². The first-order valence-electron chi connectivity index (χ1n) is 6.64. The molecular formula is C13H26N2. The summed E-state index contributed by atoms with van der Waals surface area (Å²) in [5.74, 6) is 1.77. The molecule has 2 saturated heterocycles. The lowest BCUT2D eigenvalue weighted by Crippen LogP contribution is -2.41. The van der Waals surface area contributed by atoms with Gasteiger partial charge >= 0.3 is 0 Å². The Morgan fingerprint density at radius 3 is 2.73 bits per heavy atom. The molecule has 2 heterocycles. The van der Waals surface area contributed by atoms with Crippen LogP contribution < -0.4 is 5.32 Å². The minimum absolute atomic E-state index is 0.775. The van der Waals surface area contributed by atoms with Gasteiger partial charge in [-0.1, -0.05) is 13.8 Å². The summed E-state index contributed by atoms with van der Waals surface area (Å²) in [6, 6.07) is 1.57. The molecule has 0 bridgehead atoms. The largest absolute Gasteiger partial charge is 0.312 e. The molecule has 0 radical (unpaired) electrons. The summed E-state index contributed by atoms with van der Waals surface area (Å²) < 4.78 is 0. The molecule has 1 N–H and O–H groups in total. The SMILES string of the molecule is CC(C)CC(C)N1C[C@@H]2CCCN[C@@H]2C1. The van der Waals surface area contributed by atoms with Gasteiger partial charge in [0.1, 0.15) is 0 Å². The van der Waals surface area contributed by atoms with Crippen LogP contribution in [0, 0.1) is 11.8 Å². The van der Waals surface area contributed by atoms with Gasteiger partial charge in [-0.25, -0.2) is 0 Å². The predicted octanol–water partition coefficient (Wildman–Crippen LogP) is 2.10. The number of rotatable bonds is 3. The molecule has 0 aliphatic carbocycles. The Balaban J connectivity index is 1.85. The first-order chi connectivity index (χ1) is 7.16. The molecule has 0 aromatic heterocycles. The van der Waals surface area contributed by atoms with Crippen molar-refractivity contribution in [1.29, 1.82) is 0 Å². The minimum Gasteiger partial charge on any atom is -0.312 e. The van der Waals surface area contributed by atoms with E-state index in [4.69, 9.17) is 0 Å². The molecule has 2 nitrogen and oxygen atoms in total. The van der Waals surface area contributed by atoms with Crippen molar-refractivity contribution >= 4 is 0 Å². The standard InChI is InChI=1S/C13H26N2/c1-10(2)7-11(3)15-8-12-5-4-6-14-13(12)9-15/h10-14H,4-9H2,1-3H3/t11?,12-,13+/m0/s1. The van der Waals surface area contributed by atoms with Crippen LogP contribution in [0.1, 0.15) is 40.0 Å². The van der Waals surface area contributed by atoms with Gasteiger partial charge in [-0.15, -0.1) is 0 Å². The van der Waals surface area contributed by atoms with Crippen molar-refractivity contribution in [2.75, 3.05) is 19.6 Å². The van der Waals surface area contributed by atoms with Gasteiger partial charge in [-0.2, -0.15) is 0 Å². The molecule has 2 fully saturated rings. The molecule has 0 aromatic carbocycles. The summed E-state index contributed by atoms with van der Waals surface area (Å²) >= 11 is 0. The number of piperidine rings is 1. The fraction of sp³-hybridized carbons (Fsp3) is 1.00. The first-order valence-corrected chi connectivity index (χ1v) is 6.64. The number of likely N-dealkylation sites (tertiary alicyclic amines) is 1.